The van der Waals surface area contributed by atoms with Gasteiger partial charge in [-0.25, -0.2) is 4.39 Å². The number of anilines is 1. The first-order chi connectivity index (χ1) is 11.2. The lowest BCUT2D eigenvalue weighted by Crippen LogP contribution is -2.33. The van der Waals surface area contributed by atoms with Crippen molar-refractivity contribution >= 4 is 17.1 Å². The van der Waals surface area contributed by atoms with Gasteiger partial charge >= 0.3 is 0 Å². The van der Waals surface area contributed by atoms with E-state index in [9.17, 15) is 4.39 Å². The third-order valence-corrected chi connectivity index (χ3v) is 4.03. The van der Waals surface area contributed by atoms with Gasteiger partial charge in [-0.15, -0.1) is 0 Å². The molecular formula is C16H17FN4O2. The average molecular weight is 316 g/mol. The van der Waals surface area contributed by atoms with Gasteiger partial charge in [-0.05, 0) is 25.0 Å². The zero-order chi connectivity index (χ0) is 15.8. The van der Waals surface area contributed by atoms with Crippen LogP contribution in [0.2, 0.25) is 0 Å². The quantitative estimate of drug-likeness (QED) is 0.804. The SMILES string of the molecule is Cn1cc([C@H]2OCCC[C@@H]2Nc2nc3cc(F)ccc3o2)cn1. The Kier molecular flexibility index (Phi) is 3.49. The van der Waals surface area contributed by atoms with Crippen LogP contribution < -0.4 is 5.32 Å². The Bertz CT molecular complexity index is 828. The number of hydrogen-bond acceptors (Lipinski definition) is 5. The van der Waals surface area contributed by atoms with E-state index < -0.39 is 0 Å². The molecule has 0 spiro atoms. The normalized spacial score (nSPS) is 21.7. The standard InChI is InChI=1S/C16H17FN4O2/c1-21-9-10(8-18-21)15-12(3-2-6-22-15)19-16-20-13-7-11(17)4-5-14(13)23-16/h4-5,7-9,12,15H,2-3,6H2,1H3,(H,19,20)/t12-,15+/m0/s1. The molecule has 4 rings (SSSR count). The number of benzene rings is 1. The van der Waals surface area contributed by atoms with Crippen molar-refractivity contribution in [3.05, 3.63) is 42.0 Å². The highest BCUT2D eigenvalue weighted by atomic mass is 19.1. The minimum Gasteiger partial charge on any atom is -0.424 e. The molecule has 1 aliphatic heterocycles. The Balaban J connectivity index is 1.59. The van der Waals surface area contributed by atoms with Crippen LogP contribution in [-0.4, -0.2) is 27.4 Å². The maximum Gasteiger partial charge on any atom is 0.296 e. The van der Waals surface area contributed by atoms with E-state index in [1.54, 1.807) is 10.7 Å². The molecule has 6 nitrogen and oxygen atoms in total. The summed E-state index contributed by atoms with van der Waals surface area (Å²) in [6.07, 6.45) is 5.55. The summed E-state index contributed by atoms with van der Waals surface area (Å²) in [6.45, 7) is 0.719. The molecule has 1 N–H and O–H groups in total. The highest BCUT2D eigenvalue weighted by molar-refractivity contribution is 5.74. The van der Waals surface area contributed by atoms with Crippen LogP contribution in [0.1, 0.15) is 24.5 Å². The maximum atomic E-state index is 13.3. The minimum absolute atomic E-state index is 0.0332. The molecule has 120 valence electrons. The van der Waals surface area contributed by atoms with Crippen molar-refractivity contribution in [1.82, 2.24) is 14.8 Å². The molecule has 0 aliphatic carbocycles. The summed E-state index contributed by atoms with van der Waals surface area (Å²) >= 11 is 0. The number of rotatable bonds is 3. The second kappa shape index (κ2) is 5.66. The Morgan fingerprint density at radius 1 is 1.39 bits per heavy atom. The fraction of sp³-hybridized carbons (Fsp3) is 0.375. The highest BCUT2D eigenvalue weighted by Crippen LogP contribution is 2.31. The van der Waals surface area contributed by atoms with Crippen LogP contribution in [0.5, 0.6) is 0 Å². The Hall–Kier alpha value is -2.41. The summed E-state index contributed by atoms with van der Waals surface area (Å²) in [5, 5.41) is 7.49. The molecule has 1 aliphatic rings. The molecule has 0 unspecified atom stereocenters. The zero-order valence-corrected chi connectivity index (χ0v) is 12.7. The molecule has 23 heavy (non-hydrogen) atoms. The third-order valence-electron chi connectivity index (χ3n) is 4.03. The Labute approximate surface area is 132 Å². The van der Waals surface area contributed by atoms with Crippen molar-refractivity contribution < 1.29 is 13.5 Å². The topological polar surface area (TPSA) is 65.1 Å². The first kappa shape index (κ1) is 14.2. The number of ether oxygens (including phenoxy) is 1. The van der Waals surface area contributed by atoms with Crippen molar-refractivity contribution in [3.8, 4) is 0 Å². The number of hydrogen-bond donors (Lipinski definition) is 1. The van der Waals surface area contributed by atoms with E-state index in [2.05, 4.69) is 15.4 Å². The summed E-state index contributed by atoms with van der Waals surface area (Å²) in [7, 11) is 1.88. The molecule has 3 aromatic rings. The monoisotopic (exact) mass is 316 g/mol. The first-order valence-electron chi connectivity index (χ1n) is 7.62. The maximum absolute atomic E-state index is 13.3. The van der Waals surface area contributed by atoms with E-state index in [1.807, 2.05) is 19.4 Å². The third kappa shape index (κ3) is 2.79. The Morgan fingerprint density at radius 3 is 3.13 bits per heavy atom. The minimum atomic E-state index is -0.327. The lowest BCUT2D eigenvalue weighted by molar-refractivity contribution is 0.00506. The second-order valence-corrected chi connectivity index (χ2v) is 5.76. The fourth-order valence-electron chi connectivity index (χ4n) is 2.97. The van der Waals surface area contributed by atoms with Crippen LogP contribution in [0.4, 0.5) is 10.4 Å². The van der Waals surface area contributed by atoms with Gasteiger partial charge in [0.05, 0.1) is 12.2 Å². The molecule has 0 radical (unpaired) electrons. The van der Waals surface area contributed by atoms with Gasteiger partial charge in [-0.1, -0.05) is 0 Å². The van der Waals surface area contributed by atoms with Crippen molar-refractivity contribution in [1.29, 1.82) is 0 Å². The number of halogens is 1. The molecule has 2 aromatic heterocycles. The molecular weight excluding hydrogens is 299 g/mol. The van der Waals surface area contributed by atoms with Crippen LogP contribution in [0, 0.1) is 5.82 Å². The van der Waals surface area contributed by atoms with Crippen LogP contribution in [0.25, 0.3) is 11.1 Å². The molecule has 0 saturated carbocycles. The second-order valence-electron chi connectivity index (χ2n) is 5.76. The van der Waals surface area contributed by atoms with Crippen molar-refractivity contribution in [3.63, 3.8) is 0 Å². The van der Waals surface area contributed by atoms with E-state index in [0.717, 1.165) is 25.0 Å². The highest BCUT2D eigenvalue weighted by Gasteiger charge is 2.29. The number of aromatic nitrogens is 3. The van der Waals surface area contributed by atoms with Gasteiger partial charge in [0, 0.05) is 31.5 Å². The number of nitrogens with zero attached hydrogens (tertiary/aromatic N) is 3. The summed E-state index contributed by atoms with van der Waals surface area (Å²) in [4.78, 5) is 4.31. The summed E-state index contributed by atoms with van der Waals surface area (Å²) < 4.78 is 26.6. The smallest absolute Gasteiger partial charge is 0.296 e. The summed E-state index contributed by atoms with van der Waals surface area (Å²) in [6, 6.07) is 4.72. The molecule has 0 bridgehead atoms. The van der Waals surface area contributed by atoms with E-state index in [1.165, 1.54) is 12.1 Å². The van der Waals surface area contributed by atoms with Gasteiger partial charge in [-0.2, -0.15) is 10.1 Å². The molecule has 1 saturated heterocycles. The van der Waals surface area contributed by atoms with Gasteiger partial charge in [0.1, 0.15) is 17.4 Å². The molecule has 0 amide bonds. The molecule has 3 heterocycles. The van der Waals surface area contributed by atoms with Crippen LogP contribution in [-0.2, 0) is 11.8 Å². The van der Waals surface area contributed by atoms with Gasteiger partial charge < -0.3 is 14.5 Å². The lowest BCUT2D eigenvalue weighted by atomic mass is 9.98. The molecule has 7 heteroatoms. The number of aryl methyl sites for hydroxylation is 1. The summed E-state index contributed by atoms with van der Waals surface area (Å²) in [5.41, 5.74) is 2.08. The average Bonchev–Trinajstić information content (AvgIpc) is 3.13. The molecule has 1 fully saturated rings. The zero-order valence-electron chi connectivity index (χ0n) is 12.7. The van der Waals surface area contributed by atoms with Gasteiger partial charge in [0.25, 0.3) is 6.01 Å². The number of nitrogens with one attached hydrogen (secondary N) is 1. The van der Waals surface area contributed by atoms with E-state index in [4.69, 9.17) is 9.15 Å². The van der Waals surface area contributed by atoms with Crippen LogP contribution in [0.3, 0.4) is 0 Å². The van der Waals surface area contributed by atoms with Crippen LogP contribution >= 0.6 is 0 Å². The fourth-order valence-corrected chi connectivity index (χ4v) is 2.97. The molecule has 2 atom stereocenters. The largest absolute Gasteiger partial charge is 0.424 e. The number of oxazole rings is 1. The van der Waals surface area contributed by atoms with Crippen LogP contribution in [0.15, 0.2) is 35.0 Å². The predicted molar refractivity (Wildman–Crippen MR) is 82.5 cm³/mol. The lowest BCUT2D eigenvalue weighted by Gasteiger charge is -2.31. The summed E-state index contributed by atoms with van der Waals surface area (Å²) in [5.74, 6) is -0.327. The van der Waals surface area contributed by atoms with Crippen molar-refractivity contribution in [2.24, 2.45) is 7.05 Å². The molecule has 1 aromatic carbocycles. The van der Waals surface area contributed by atoms with Gasteiger partial charge in [0.2, 0.25) is 0 Å². The van der Waals surface area contributed by atoms with Crippen molar-refractivity contribution in [2.45, 2.75) is 25.0 Å². The Morgan fingerprint density at radius 2 is 2.30 bits per heavy atom. The first-order valence-corrected chi connectivity index (χ1v) is 7.62. The van der Waals surface area contributed by atoms with E-state index in [-0.39, 0.29) is 18.0 Å². The van der Waals surface area contributed by atoms with Crippen molar-refractivity contribution in [2.75, 3.05) is 11.9 Å². The number of fused-ring (bicyclic) bond motifs is 1. The van der Waals surface area contributed by atoms with E-state index >= 15 is 0 Å². The van der Waals surface area contributed by atoms with Gasteiger partial charge in [-0.3, -0.25) is 4.68 Å². The predicted octanol–water partition coefficient (Wildman–Crippen LogP) is 3.03. The van der Waals surface area contributed by atoms with E-state index in [0.29, 0.717) is 17.1 Å². The van der Waals surface area contributed by atoms with Gasteiger partial charge in [0.15, 0.2) is 5.58 Å².